The molecular weight excluding hydrogens is 142 g/mol. The van der Waals surface area contributed by atoms with Crippen LogP contribution in [0.5, 0.6) is 0 Å². The highest BCUT2D eigenvalue weighted by atomic mass is 16.3. The fraction of sp³-hybridized carbons (Fsp3) is 0. The Hall–Kier alpha value is -1.79. The standard InChI is InChI=1S/CH5N3.2CH2O2/c2-1(3)4;2*2-1-3/h(H5,2,3,4);2*1H,(H,2,3). The summed E-state index contributed by atoms with van der Waals surface area (Å²) in [7, 11) is 0. The lowest BCUT2D eigenvalue weighted by Gasteiger charge is -1.69. The van der Waals surface area contributed by atoms with Crippen molar-refractivity contribution in [1.82, 2.24) is 0 Å². The summed E-state index contributed by atoms with van der Waals surface area (Å²) in [6.07, 6.45) is 0. The number of rotatable bonds is 0. The van der Waals surface area contributed by atoms with Crippen LogP contribution in [0.2, 0.25) is 0 Å². The largest absolute Gasteiger partial charge is 0.483 e. The van der Waals surface area contributed by atoms with Gasteiger partial charge in [0.1, 0.15) is 0 Å². The van der Waals surface area contributed by atoms with Gasteiger partial charge in [-0.25, -0.2) is 0 Å². The first-order valence-corrected chi connectivity index (χ1v) is 1.82. The van der Waals surface area contributed by atoms with Crippen molar-refractivity contribution < 1.29 is 19.8 Å². The van der Waals surface area contributed by atoms with Crippen molar-refractivity contribution in [3.05, 3.63) is 0 Å². The van der Waals surface area contributed by atoms with Crippen LogP contribution in [0.1, 0.15) is 0 Å². The van der Waals surface area contributed by atoms with E-state index in [4.69, 9.17) is 25.2 Å². The third-order valence-corrected chi connectivity index (χ3v) is 0. The van der Waals surface area contributed by atoms with E-state index in [1.807, 2.05) is 0 Å². The third-order valence-electron chi connectivity index (χ3n) is 0. The summed E-state index contributed by atoms with van der Waals surface area (Å²) in [6, 6.07) is 0. The van der Waals surface area contributed by atoms with Gasteiger partial charge >= 0.3 is 0 Å². The van der Waals surface area contributed by atoms with Gasteiger partial charge in [-0.3, -0.25) is 15.0 Å². The van der Waals surface area contributed by atoms with Crippen LogP contribution in [-0.2, 0) is 9.59 Å². The highest BCUT2D eigenvalue weighted by Crippen LogP contribution is 1.13. The van der Waals surface area contributed by atoms with Crippen molar-refractivity contribution in [2.45, 2.75) is 0 Å². The Morgan fingerprint density at radius 3 is 1.20 bits per heavy atom. The summed E-state index contributed by atoms with van der Waals surface area (Å²) < 4.78 is 0. The lowest BCUT2D eigenvalue weighted by molar-refractivity contribution is -0.123. The number of carbonyl (C=O) groups is 2. The molecule has 0 aliphatic rings. The quantitative estimate of drug-likeness (QED) is 0.157. The lowest BCUT2D eigenvalue weighted by atomic mass is 11.1. The zero-order valence-corrected chi connectivity index (χ0v) is 5.02. The molecule has 0 aliphatic carbocycles. The number of carboxylic acid groups (broad SMARTS) is 2. The average molecular weight is 151 g/mol. The van der Waals surface area contributed by atoms with Crippen molar-refractivity contribution in [3.63, 3.8) is 0 Å². The monoisotopic (exact) mass is 151 g/mol. The van der Waals surface area contributed by atoms with Gasteiger partial charge in [0, 0.05) is 0 Å². The van der Waals surface area contributed by atoms with Gasteiger partial charge in [0.25, 0.3) is 12.9 Å². The van der Waals surface area contributed by atoms with Crippen molar-refractivity contribution >= 4 is 18.9 Å². The molecular formula is C3H9N3O4. The molecule has 0 aromatic carbocycles. The zero-order chi connectivity index (χ0) is 8.99. The Morgan fingerprint density at radius 2 is 1.20 bits per heavy atom. The maximum absolute atomic E-state index is 8.36. The second-order valence-electron chi connectivity index (χ2n) is 0.666. The minimum Gasteiger partial charge on any atom is -0.483 e. The third kappa shape index (κ3) is 52.6. The molecule has 10 heavy (non-hydrogen) atoms. The van der Waals surface area contributed by atoms with Crippen molar-refractivity contribution in [1.29, 1.82) is 5.41 Å². The fourth-order valence-electron chi connectivity index (χ4n) is 0. The van der Waals surface area contributed by atoms with E-state index in [-0.39, 0.29) is 18.9 Å². The summed E-state index contributed by atoms with van der Waals surface area (Å²) in [6.45, 7) is -0.500. The van der Waals surface area contributed by atoms with Crippen LogP contribution in [0.15, 0.2) is 0 Å². The number of hydrogen-bond acceptors (Lipinski definition) is 3. The Morgan fingerprint density at radius 1 is 1.20 bits per heavy atom. The average Bonchev–Trinajstić information content (AvgIpc) is 1.65. The van der Waals surface area contributed by atoms with E-state index in [1.54, 1.807) is 0 Å². The second kappa shape index (κ2) is 27.0. The molecule has 0 aromatic heterocycles. The summed E-state index contributed by atoms with van der Waals surface area (Å²) in [4.78, 5) is 16.7. The molecule has 0 rings (SSSR count). The SMILES string of the molecule is N=C(N)N.O=CO.O=CO. The van der Waals surface area contributed by atoms with E-state index in [0.717, 1.165) is 0 Å². The van der Waals surface area contributed by atoms with E-state index in [2.05, 4.69) is 11.5 Å². The predicted octanol–water partition coefficient (Wildman–Crippen LogP) is -1.76. The molecule has 0 amide bonds. The van der Waals surface area contributed by atoms with E-state index in [9.17, 15) is 0 Å². The molecule has 7 heteroatoms. The number of guanidine groups is 1. The lowest BCUT2D eigenvalue weighted by Crippen LogP contribution is -2.20. The molecule has 60 valence electrons. The summed E-state index contributed by atoms with van der Waals surface area (Å²) in [5.41, 5.74) is 8.94. The molecule has 7 nitrogen and oxygen atoms in total. The number of hydrogen-bond donors (Lipinski definition) is 5. The van der Waals surface area contributed by atoms with Crippen LogP contribution >= 0.6 is 0 Å². The van der Waals surface area contributed by atoms with E-state index >= 15 is 0 Å². The molecule has 0 spiro atoms. The molecule has 0 aromatic rings. The van der Waals surface area contributed by atoms with Gasteiger partial charge in [-0.05, 0) is 0 Å². The van der Waals surface area contributed by atoms with Gasteiger partial charge in [-0.2, -0.15) is 0 Å². The van der Waals surface area contributed by atoms with Crippen LogP contribution in [0.3, 0.4) is 0 Å². The molecule has 0 heterocycles. The van der Waals surface area contributed by atoms with Crippen LogP contribution in [0.25, 0.3) is 0 Å². The van der Waals surface area contributed by atoms with Crippen molar-refractivity contribution in [3.8, 4) is 0 Å². The van der Waals surface area contributed by atoms with E-state index in [1.165, 1.54) is 0 Å². The first-order valence-electron chi connectivity index (χ1n) is 1.82. The maximum Gasteiger partial charge on any atom is 0.290 e. The Labute approximate surface area is 56.8 Å². The highest BCUT2D eigenvalue weighted by Gasteiger charge is 1.52. The Balaban J connectivity index is -0.0000000750. The molecule has 0 fully saturated rings. The van der Waals surface area contributed by atoms with Gasteiger partial charge in [0.15, 0.2) is 5.96 Å². The van der Waals surface area contributed by atoms with Crippen molar-refractivity contribution in [2.24, 2.45) is 11.5 Å². The number of nitrogens with one attached hydrogen (secondary N) is 1. The van der Waals surface area contributed by atoms with E-state index < -0.39 is 0 Å². The molecule has 0 saturated carbocycles. The molecule has 0 atom stereocenters. The van der Waals surface area contributed by atoms with E-state index in [0.29, 0.717) is 0 Å². The smallest absolute Gasteiger partial charge is 0.290 e. The fourth-order valence-corrected chi connectivity index (χ4v) is 0. The molecule has 0 aliphatic heterocycles. The topological polar surface area (TPSA) is 150 Å². The maximum atomic E-state index is 8.36. The normalized spacial score (nSPS) is 4.80. The summed E-state index contributed by atoms with van der Waals surface area (Å²) in [5.74, 6) is -0.333. The second-order valence-corrected chi connectivity index (χ2v) is 0.666. The predicted molar refractivity (Wildman–Crippen MR) is 33.5 cm³/mol. The first-order chi connectivity index (χ1) is 4.56. The van der Waals surface area contributed by atoms with Gasteiger partial charge in [-0.1, -0.05) is 0 Å². The summed E-state index contributed by atoms with van der Waals surface area (Å²) in [5, 5.41) is 19.8. The van der Waals surface area contributed by atoms with Gasteiger partial charge in [-0.15, -0.1) is 0 Å². The van der Waals surface area contributed by atoms with Crippen molar-refractivity contribution in [2.75, 3.05) is 0 Å². The van der Waals surface area contributed by atoms with Crippen LogP contribution in [0.4, 0.5) is 0 Å². The Kier molecular flexibility index (Phi) is 42.4. The van der Waals surface area contributed by atoms with Crippen LogP contribution in [0, 0.1) is 5.41 Å². The zero-order valence-electron chi connectivity index (χ0n) is 5.02. The Bertz CT molecular complexity index is 83.7. The molecule has 0 unspecified atom stereocenters. The van der Waals surface area contributed by atoms with Gasteiger partial charge in [0.05, 0.1) is 0 Å². The molecule has 0 bridgehead atoms. The first kappa shape index (κ1) is 15.7. The number of nitrogens with two attached hydrogens (primary N) is 2. The molecule has 0 saturated heterocycles. The molecule has 0 radical (unpaired) electrons. The van der Waals surface area contributed by atoms with Gasteiger partial charge < -0.3 is 21.7 Å². The van der Waals surface area contributed by atoms with Crippen LogP contribution in [-0.4, -0.2) is 29.1 Å². The molecule has 7 N–H and O–H groups in total. The minimum absolute atomic E-state index is 0.250. The minimum atomic E-state index is -0.333. The highest BCUT2D eigenvalue weighted by molar-refractivity contribution is 5.71. The summed E-state index contributed by atoms with van der Waals surface area (Å²) >= 11 is 0. The van der Waals surface area contributed by atoms with Crippen LogP contribution < -0.4 is 11.5 Å². The van der Waals surface area contributed by atoms with Gasteiger partial charge in [0.2, 0.25) is 0 Å².